The van der Waals surface area contributed by atoms with Crippen LogP contribution in [0.1, 0.15) is 33.6 Å². The van der Waals surface area contributed by atoms with Crippen molar-refractivity contribution >= 4 is 11.8 Å². The molecule has 5 nitrogen and oxygen atoms in total. The van der Waals surface area contributed by atoms with E-state index in [9.17, 15) is 9.59 Å². The Morgan fingerprint density at radius 3 is 2.50 bits per heavy atom. The van der Waals surface area contributed by atoms with Crippen LogP contribution in [0.15, 0.2) is 0 Å². The molecule has 1 saturated carbocycles. The van der Waals surface area contributed by atoms with Crippen LogP contribution in [0.3, 0.4) is 0 Å². The molecule has 5 heteroatoms. The van der Waals surface area contributed by atoms with Gasteiger partial charge in [-0.3, -0.25) is 9.59 Å². The molecule has 0 spiro atoms. The van der Waals surface area contributed by atoms with E-state index in [1.54, 1.807) is 18.9 Å². The van der Waals surface area contributed by atoms with Crippen molar-refractivity contribution in [2.24, 2.45) is 5.92 Å². The summed E-state index contributed by atoms with van der Waals surface area (Å²) in [7, 11) is 1.61. The molecule has 102 valence electrons. The number of methoxy groups -OCH3 is 1. The van der Waals surface area contributed by atoms with Gasteiger partial charge in [0, 0.05) is 7.11 Å². The van der Waals surface area contributed by atoms with Crippen molar-refractivity contribution in [2.75, 3.05) is 13.7 Å². The average molecular weight is 254 g/mol. The van der Waals surface area contributed by atoms with Crippen LogP contribution in [0.25, 0.3) is 0 Å². The quantitative estimate of drug-likeness (QED) is 0.796. The molecule has 2 fully saturated rings. The molecular weight excluding hydrogens is 232 g/mol. The first-order chi connectivity index (χ1) is 8.38. The molecular formula is C13H22N2O3. The molecule has 0 aromatic heterocycles. The lowest BCUT2D eigenvalue weighted by Gasteiger charge is -2.46. The van der Waals surface area contributed by atoms with Crippen LogP contribution in [-0.4, -0.2) is 48.1 Å². The first kappa shape index (κ1) is 13.3. The highest BCUT2D eigenvalue weighted by atomic mass is 16.5. The third kappa shape index (κ3) is 2.23. The van der Waals surface area contributed by atoms with Crippen LogP contribution in [0.4, 0.5) is 0 Å². The van der Waals surface area contributed by atoms with Gasteiger partial charge >= 0.3 is 0 Å². The van der Waals surface area contributed by atoms with E-state index in [-0.39, 0.29) is 17.9 Å². The second kappa shape index (κ2) is 4.53. The zero-order valence-corrected chi connectivity index (χ0v) is 11.5. The number of amides is 2. The maximum Gasteiger partial charge on any atom is 0.246 e. The van der Waals surface area contributed by atoms with Crippen LogP contribution in [-0.2, 0) is 14.3 Å². The fraction of sp³-hybridized carbons (Fsp3) is 0.846. The highest BCUT2D eigenvalue weighted by Crippen LogP contribution is 2.36. The molecule has 1 aliphatic heterocycles. The maximum absolute atomic E-state index is 12.5. The monoisotopic (exact) mass is 254 g/mol. The molecule has 18 heavy (non-hydrogen) atoms. The zero-order valence-electron chi connectivity index (χ0n) is 11.5. The summed E-state index contributed by atoms with van der Waals surface area (Å²) in [5.74, 6) is 0.303. The number of rotatable bonds is 4. The Hall–Kier alpha value is -1.10. The van der Waals surface area contributed by atoms with Gasteiger partial charge in [-0.15, -0.1) is 0 Å². The summed E-state index contributed by atoms with van der Waals surface area (Å²) in [6.07, 6.45) is 2.06. The van der Waals surface area contributed by atoms with Gasteiger partial charge in [0.05, 0.1) is 12.1 Å². The first-order valence-electron chi connectivity index (χ1n) is 6.51. The molecule has 0 aromatic carbocycles. The Morgan fingerprint density at radius 1 is 1.39 bits per heavy atom. The van der Waals surface area contributed by atoms with Crippen molar-refractivity contribution in [2.45, 2.75) is 51.2 Å². The molecule has 2 amide bonds. The van der Waals surface area contributed by atoms with Gasteiger partial charge in [-0.05, 0) is 39.5 Å². The highest BCUT2D eigenvalue weighted by molar-refractivity contribution is 5.97. The Bertz CT molecular complexity index is 363. The number of hydrogen-bond acceptors (Lipinski definition) is 3. The minimum absolute atomic E-state index is 0.0339. The molecule has 0 bridgehead atoms. The van der Waals surface area contributed by atoms with Crippen molar-refractivity contribution < 1.29 is 14.3 Å². The van der Waals surface area contributed by atoms with Gasteiger partial charge in [0.15, 0.2) is 0 Å². The standard InChI is InChI=1S/C13H22N2O3/c1-8-11(16)14-10(9-5-6-9)12(17)15(8)13(2,3)7-18-4/h8-10H,5-7H2,1-4H3,(H,14,16). The van der Waals surface area contributed by atoms with Crippen LogP contribution >= 0.6 is 0 Å². The number of nitrogens with zero attached hydrogens (tertiary/aromatic N) is 1. The van der Waals surface area contributed by atoms with Gasteiger partial charge in [-0.25, -0.2) is 0 Å². The van der Waals surface area contributed by atoms with Crippen molar-refractivity contribution in [1.82, 2.24) is 10.2 Å². The van der Waals surface area contributed by atoms with Crippen molar-refractivity contribution in [3.63, 3.8) is 0 Å². The minimum atomic E-state index is -0.462. The topological polar surface area (TPSA) is 58.6 Å². The number of piperazine rings is 1. The zero-order chi connectivity index (χ0) is 13.5. The summed E-state index contributed by atoms with van der Waals surface area (Å²) in [6, 6.07) is -0.762. The summed E-state index contributed by atoms with van der Waals surface area (Å²) in [4.78, 5) is 26.2. The normalized spacial score (nSPS) is 29.4. The summed E-state index contributed by atoms with van der Waals surface area (Å²) in [5.41, 5.74) is -0.462. The predicted octanol–water partition coefficient (Wildman–Crippen LogP) is 0.537. The van der Waals surface area contributed by atoms with Gasteiger partial charge in [0.2, 0.25) is 11.8 Å². The largest absolute Gasteiger partial charge is 0.382 e. The SMILES string of the molecule is COCC(C)(C)N1C(=O)C(C2CC2)NC(=O)C1C. The van der Waals surface area contributed by atoms with Crippen LogP contribution in [0.5, 0.6) is 0 Å². The Morgan fingerprint density at radius 2 is 2.00 bits per heavy atom. The van der Waals surface area contributed by atoms with Gasteiger partial charge < -0.3 is 15.0 Å². The smallest absolute Gasteiger partial charge is 0.246 e. The molecule has 2 aliphatic rings. The molecule has 0 radical (unpaired) electrons. The second-order valence-electron chi connectivity index (χ2n) is 5.95. The molecule has 2 unspecified atom stereocenters. The summed E-state index contributed by atoms with van der Waals surface area (Å²) < 4.78 is 5.18. The highest BCUT2D eigenvalue weighted by Gasteiger charge is 2.49. The number of carbonyl (C=O) groups excluding carboxylic acids is 2. The van der Waals surface area contributed by atoms with Gasteiger partial charge in [0.1, 0.15) is 12.1 Å². The second-order valence-corrected chi connectivity index (χ2v) is 5.95. The average Bonchev–Trinajstić information content (AvgIpc) is 3.07. The van der Waals surface area contributed by atoms with E-state index in [2.05, 4.69) is 5.32 Å². The molecule has 1 saturated heterocycles. The first-order valence-corrected chi connectivity index (χ1v) is 6.51. The number of ether oxygens (including phenoxy) is 1. The molecule has 0 aromatic rings. The third-order valence-electron chi connectivity index (χ3n) is 3.81. The molecule has 1 N–H and O–H groups in total. The van der Waals surface area contributed by atoms with E-state index >= 15 is 0 Å². The van der Waals surface area contributed by atoms with E-state index in [0.717, 1.165) is 12.8 Å². The lowest BCUT2D eigenvalue weighted by atomic mass is 9.95. The molecule has 2 atom stereocenters. The molecule has 2 rings (SSSR count). The van der Waals surface area contributed by atoms with Crippen LogP contribution in [0.2, 0.25) is 0 Å². The summed E-state index contributed by atoms with van der Waals surface area (Å²) in [5, 5.41) is 2.85. The lowest BCUT2D eigenvalue weighted by Crippen LogP contribution is -2.68. The lowest BCUT2D eigenvalue weighted by molar-refractivity contribution is -0.157. The van der Waals surface area contributed by atoms with Gasteiger partial charge in [-0.2, -0.15) is 0 Å². The Labute approximate surface area is 108 Å². The Balaban J connectivity index is 2.24. The number of carbonyl (C=O) groups is 2. The number of nitrogens with one attached hydrogen (secondary N) is 1. The molecule has 1 heterocycles. The van der Waals surface area contributed by atoms with E-state index in [1.807, 2.05) is 13.8 Å². The van der Waals surface area contributed by atoms with E-state index in [1.165, 1.54) is 0 Å². The van der Waals surface area contributed by atoms with Crippen LogP contribution < -0.4 is 5.32 Å². The van der Waals surface area contributed by atoms with Gasteiger partial charge in [-0.1, -0.05) is 0 Å². The summed E-state index contributed by atoms with van der Waals surface area (Å²) >= 11 is 0. The fourth-order valence-corrected chi connectivity index (χ4v) is 2.79. The van der Waals surface area contributed by atoms with Gasteiger partial charge in [0.25, 0.3) is 0 Å². The van der Waals surface area contributed by atoms with Crippen molar-refractivity contribution in [3.05, 3.63) is 0 Å². The van der Waals surface area contributed by atoms with E-state index in [0.29, 0.717) is 12.5 Å². The molecule has 1 aliphatic carbocycles. The predicted molar refractivity (Wildman–Crippen MR) is 66.9 cm³/mol. The van der Waals surface area contributed by atoms with E-state index < -0.39 is 11.6 Å². The number of hydrogen-bond donors (Lipinski definition) is 1. The van der Waals surface area contributed by atoms with Crippen LogP contribution in [0, 0.1) is 5.92 Å². The van der Waals surface area contributed by atoms with Crippen molar-refractivity contribution in [3.8, 4) is 0 Å². The third-order valence-corrected chi connectivity index (χ3v) is 3.81. The minimum Gasteiger partial charge on any atom is -0.382 e. The Kier molecular flexibility index (Phi) is 3.36. The van der Waals surface area contributed by atoms with E-state index in [4.69, 9.17) is 4.74 Å². The van der Waals surface area contributed by atoms with Crippen molar-refractivity contribution in [1.29, 1.82) is 0 Å². The maximum atomic E-state index is 12.5. The fourth-order valence-electron chi connectivity index (χ4n) is 2.79. The summed E-state index contributed by atoms with van der Waals surface area (Å²) in [6.45, 7) is 6.07.